The lowest BCUT2D eigenvalue weighted by Gasteiger charge is -2.18. The molecule has 0 bridgehead atoms. The number of carbonyl (C=O) groups excluding carboxylic acids is 1. The molecule has 8 nitrogen and oxygen atoms in total. The molecule has 1 atom stereocenters. The minimum atomic E-state index is -4.90. The Bertz CT molecular complexity index is 1380. The van der Waals surface area contributed by atoms with Crippen LogP contribution in [-0.4, -0.2) is 33.7 Å². The molecule has 1 aromatic heterocycles. The van der Waals surface area contributed by atoms with E-state index in [2.05, 4.69) is 15.5 Å². The molecule has 0 aliphatic heterocycles. The highest BCUT2D eigenvalue weighted by Gasteiger charge is 2.39. The van der Waals surface area contributed by atoms with Crippen molar-refractivity contribution in [1.29, 1.82) is 4.78 Å². The zero-order valence-corrected chi connectivity index (χ0v) is 19.5. The summed E-state index contributed by atoms with van der Waals surface area (Å²) in [5.41, 5.74) is -2.29. The molecule has 0 unspecified atom stereocenters. The fourth-order valence-corrected chi connectivity index (χ4v) is 3.86. The topological polar surface area (TPSA) is 114 Å². The normalized spacial score (nSPS) is 13.1. The number of nitrogens with one attached hydrogen (secondary N) is 2. The first-order valence-electron chi connectivity index (χ1n) is 9.98. The second-order valence-electron chi connectivity index (χ2n) is 7.28. The summed E-state index contributed by atoms with van der Waals surface area (Å²) in [7, 11) is -1.88. The number of amides is 1. The van der Waals surface area contributed by atoms with E-state index >= 15 is 0 Å². The molecule has 35 heavy (non-hydrogen) atoms. The van der Waals surface area contributed by atoms with Crippen molar-refractivity contribution in [3.8, 4) is 17.4 Å². The minimum absolute atomic E-state index is 0.0861. The van der Waals surface area contributed by atoms with Crippen LogP contribution in [0.15, 0.2) is 47.4 Å². The van der Waals surface area contributed by atoms with Crippen LogP contribution in [0.4, 0.5) is 23.2 Å². The van der Waals surface area contributed by atoms with Gasteiger partial charge in [0.2, 0.25) is 0 Å². The molecule has 0 aliphatic carbocycles. The molecule has 13 heteroatoms. The first kappa shape index (κ1) is 25.9. The van der Waals surface area contributed by atoms with Gasteiger partial charge in [0, 0.05) is 28.5 Å². The van der Waals surface area contributed by atoms with Crippen molar-refractivity contribution in [3.63, 3.8) is 0 Å². The molecule has 0 saturated carbocycles. The van der Waals surface area contributed by atoms with Gasteiger partial charge < -0.3 is 14.8 Å². The maximum Gasteiger partial charge on any atom is 0.435 e. The molecule has 1 heterocycles. The van der Waals surface area contributed by atoms with Crippen molar-refractivity contribution in [2.45, 2.75) is 24.4 Å². The number of carbonyl (C=O) groups is 1. The van der Waals surface area contributed by atoms with Crippen molar-refractivity contribution >= 4 is 21.3 Å². The van der Waals surface area contributed by atoms with Crippen LogP contribution in [-0.2, 0) is 22.3 Å². The number of benzene rings is 2. The van der Waals surface area contributed by atoms with E-state index in [1.54, 1.807) is 0 Å². The largest absolute Gasteiger partial charge is 0.493 e. The fourth-order valence-electron chi connectivity index (χ4n) is 3.17. The smallest absolute Gasteiger partial charge is 0.435 e. The Balaban J connectivity index is 2.14. The van der Waals surface area contributed by atoms with Crippen molar-refractivity contribution < 1.29 is 36.0 Å². The van der Waals surface area contributed by atoms with Crippen LogP contribution in [0.3, 0.4) is 0 Å². The molecular weight excluding hydrogens is 492 g/mol. The molecule has 0 aliphatic rings. The van der Waals surface area contributed by atoms with E-state index in [9.17, 15) is 26.6 Å². The van der Waals surface area contributed by atoms with Gasteiger partial charge in [0.15, 0.2) is 17.2 Å². The predicted octanol–water partition coefficient (Wildman–Crippen LogP) is 5.29. The van der Waals surface area contributed by atoms with Crippen LogP contribution in [0.2, 0.25) is 0 Å². The summed E-state index contributed by atoms with van der Waals surface area (Å²) in [6.07, 6.45) is -3.97. The van der Waals surface area contributed by atoms with Crippen molar-refractivity contribution in [2.24, 2.45) is 0 Å². The van der Waals surface area contributed by atoms with Crippen LogP contribution in [0.1, 0.15) is 28.5 Å². The zero-order valence-electron chi connectivity index (χ0n) is 18.7. The Labute approximate surface area is 198 Å². The van der Waals surface area contributed by atoms with Gasteiger partial charge in [0.05, 0.1) is 16.8 Å². The van der Waals surface area contributed by atoms with Gasteiger partial charge in [-0.2, -0.15) is 13.2 Å². The molecule has 2 N–H and O–H groups in total. The quantitative estimate of drug-likeness (QED) is 0.416. The van der Waals surface area contributed by atoms with Gasteiger partial charge >= 0.3 is 6.18 Å². The molecule has 0 radical (unpaired) electrons. The highest BCUT2D eigenvalue weighted by Crippen LogP contribution is 2.38. The third-order valence-electron chi connectivity index (χ3n) is 4.77. The minimum Gasteiger partial charge on any atom is -0.493 e. The van der Waals surface area contributed by atoms with Crippen LogP contribution >= 0.6 is 0 Å². The lowest BCUT2D eigenvalue weighted by molar-refractivity contribution is -0.142. The van der Waals surface area contributed by atoms with Crippen molar-refractivity contribution in [2.75, 3.05) is 18.7 Å². The molecule has 3 aromatic rings. The number of rotatable bonds is 7. The molecule has 1 amide bonds. The summed E-state index contributed by atoms with van der Waals surface area (Å²) in [6, 6.07) is 8.75. The van der Waals surface area contributed by atoms with E-state index in [0.29, 0.717) is 0 Å². The third kappa shape index (κ3) is 5.85. The molecule has 2 aromatic carbocycles. The Hall–Kier alpha value is -3.74. The maximum absolute atomic E-state index is 13.6. The molecular formula is C22H20F4N4O4S. The number of alkyl halides is 3. The SMILES string of the molecule is CCc1c(C(F)(F)F)nnc(Oc2ccc(F)cc2OC)c1C(=O)Nc1cccc([S@@](C)(=N)=O)c1. The Morgan fingerprint density at radius 3 is 2.46 bits per heavy atom. The van der Waals surface area contributed by atoms with Gasteiger partial charge in [-0.15, -0.1) is 10.2 Å². The van der Waals surface area contributed by atoms with E-state index in [4.69, 9.17) is 14.3 Å². The van der Waals surface area contributed by atoms with E-state index < -0.39 is 50.3 Å². The van der Waals surface area contributed by atoms with Crippen molar-refractivity contribution in [1.82, 2.24) is 10.2 Å². The highest BCUT2D eigenvalue weighted by molar-refractivity contribution is 7.91. The molecule has 0 fully saturated rings. The van der Waals surface area contributed by atoms with E-state index in [0.717, 1.165) is 18.2 Å². The fraction of sp³-hybridized carbons (Fsp3) is 0.227. The Kier molecular flexibility index (Phi) is 7.29. The Morgan fingerprint density at radius 2 is 1.86 bits per heavy atom. The number of hydrogen-bond acceptors (Lipinski definition) is 7. The van der Waals surface area contributed by atoms with Crippen LogP contribution < -0.4 is 14.8 Å². The lowest BCUT2D eigenvalue weighted by Crippen LogP contribution is -2.22. The summed E-state index contributed by atoms with van der Waals surface area (Å²) in [5, 5.41) is 9.15. The first-order valence-corrected chi connectivity index (χ1v) is 11.9. The number of methoxy groups -OCH3 is 1. The second kappa shape index (κ2) is 9.86. The summed E-state index contributed by atoms with van der Waals surface area (Å²) >= 11 is 0. The number of hydrogen-bond donors (Lipinski definition) is 2. The number of aromatic nitrogens is 2. The number of anilines is 1. The van der Waals surface area contributed by atoms with Gasteiger partial charge in [0.25, 0.3) is 11.8 Å². The maximum atomic E-state index is 13.6. The molecule has 0 spiro atoms. The van der Waals surface area contributed by atoms with Gasteiger partial charge in [0.1, 0.15) is 11.4 Å². The van der Waals surface area contributed by atoms with Crippen LogP contribution in [0.5, 0.6) is 17.4 Å². The van der Waals surface area contributed by atoms with Crippen molar-refractivity contribution in [3.05, 3.63) is 65.1 Å². The first-order chi connectivity index (χ1) is 16.3. The summed E-state index contributed by atoms with van der Waals surface area (Å²) in [5.74, 6) is -2.42. The Morgan fingerprint density at radius 1 is 1.14 bits per heavy atom. The standard InChI is InChI=1S/C22H20F4N4O4S/c1-4-15-18(20(31)28-13-6-5-7-14(11-13)35(3,27)32)21(30-29-19(15)22(24,25)26)34-16-9-8-12(23)10-17(16)33-2/h5-11,27H,4H2,1-3H3,(H,28,31)/t35-/m0/s1. The van der Waals surface area contributed by atoms with E-state index in [1.165, 1.54) is 44.6 Å². The highest BCUT2D eigenvalue weighted by atomic mass is 32.2. The van der Waals surface area contributed by atoms with Gasteiger partial charge in [-0.05, 0) is 36.8 Å². The van der Waals surface area contributed by atoms with E-state index in [1.807, 2.05) is 0 Å². The van der Waals surface area contributed by atoms with Gasteiger partial charge in [-0.25, -0.2) is 13.4 Å². The lowest BCUT2D eigenvalue weighted by atomic mass is 10.0. The van der Waals surface area contributed by atoms with Crippen LogP contribution in [0, 0.1) is 10.6 Å². The van der Waals surface area contributed by atoms with Crippen LogP contribution in [0.25, 0.3) is 0 Å². The average Bonchev–Trinajstić information content (AvgIpc) is 2.78. The molecule has 186 valence electrons. The van der Waals surface area contributed by atoms with E-state index in [-0.39, 0.29) is 28.5 Å². The summed E-state index contributed by atoms with van der Waals surface area (Å²) in [6.45, 7) is 1.40. The molecule has 0 saturated heterocycles. The number of ether oxygens (including phenoxy) is 2. The van der Waals surface area contributed by atoms with Gasteiger partial charge in [-0.3, -0.25) is 4.79 Å². The number of halogens is 4. The predicted molar refractivity (Wildman–Crippen MR) is 119 cm³/mol. The average molecular weight is 512 g/mol. The second-order valence-corrected chi connectivity index (χ2v) is 9.44. The number of nitrogens with zero attached hydrogens (tertiary/aromatic N) is 2. The van der Waals surface area contributed by atoms with Gasteiger partial charge in [-0.1, -0.05) is 13.0 Å². The molecule has 3 rings (SSSR count). The third-order valence-corrected chi connectivity index (χ3v) is 5.92. The zero-order chi connectivity index (χ0) is 26.0. The monoisotopic (exact) mass is 512 g/mol. The summed E-state index contributed by atoms with van der Waals surface area (Å²) in [4.78, 5) is 13.3. The summed E-state index contributed by atoms with van der Waals surface area (Å²) < 4.78 is 84.8.